The van der Waals surface area contributed by atoms with Gasteiger partial charge in [-0.3, -0.25) is 14.6 Å². The molecular weight excluding hydrogens is 246 g/mol. The van der Waals surface area contributed by atoms with Gasteiger partial charge in [-0.15, -0.1) is 0 Å². The van der Waals surface area contributed by atoms with Gasteiger partial charge in [-0.2, -0.15) is 5.10 Å². The molecule has 1 aliphatic heterocycles. The van der Waals surface area contributed by atoms with E-state index in [2.05, 4.69) is 21.9 Å². The Kier molecular flexibility index (Phi) is 4.86. The highest BCUT2D eigenvalue weighted by molar-refractivity contribution is 5.69. The number of aliphatic carboxylic acids is 1. The summed E-state index contributed by atoms with van der Waals surface area (Å²) in [6.07, 6.45) is 2.58. The van der Waals surface area contributed by atoms with Crippen molar-refractivity contribution in [3.63, 3.8) is 0 Å². The van der Waals surface area contributed by atoms with Crippen molar-refractivity contribution in [1.82, 2.24) is 24.6 Å². The molecule has 0 radical (unpaired) electrons. The van der Waals surface area contributed by atoms with Gasteiger partial charge in [-0.05, 0) is 19.9 Å². The highest BCUT2D eigenvalue weighted by Crippen LogP contribution is 2.07. The number of carbonyl (C=O) groups is 1. The molecule has 2 rings (SSSR count). The molecule has 1 aliphatic rings. The lowest BCUT2D eigenvalue weighted by Crippen LogP contribution is -2.34. The molecular formula is C12H21N5O2. The Bertz CT molecular complexity index is 420. The molecule has 0 amide bonds. The number of carboxylic acid groups (broad SMARTS) is 1. The summed E-state index contributed by atoms with van der Waals surface area (Å²) in [6, 6.07) is 0. The van der Waals surface area contributed by atoms with Crippen LogP contribution in [0.2, 0.25) is 0 Å². The molecule has 0 aliphatic carbocycles. The second-order valence-corrected chi connectivity index (χ2v) is 4.79. The number of hydrogen-bond acceptors (Lipinski definition) is 5. The molecule has 0 atom stereocenters. The third-order valence-corrected chi connectivity index (χ3v) is 3.40. The summed E-state index contributed by atoms with van der Waals surface area (Å²) in [5.41, 5.74) is 0. The second kappa shape index (κ2) is 6.63. The number of aryl methyl sites for hydroxylation is 1. The van der Waals surface area contributed by atoms with Crippen LogP contribution in [0.15, 0.2) is 6.33 Å². The first kappa shape index (κ1) is 14.0. The van der Waals surface area contributed by atoms with Crippen LogP contribution in [-0.2, 0) is 17.9 Å². The van der Waals surface area contributed by atoms with E-state index in [4.69, 9.17) is 5.11 Å². The van der Waals surface area contributed by atoms with Crippen LogP contribution in [0, 0.1) is 0 Å². The summed E-state index contributed by atoms with van der Waals surface area (Å²) in [5, 5.41) is 13.0. The van der Waals surface area contributed by atoms with Crippen LogP contribution in [-0.4, -0.2) is 68.4 Å². The predicted octanol–water partition coefficient (Wildman–Crippen LogP) is -0.110. The fourth-order valence-electron chi connectivity index (χ4n) is 2.41. The van der Waals surface area contributed by atoms with E-state index in [1.807, 2.05) is 9.58 Å². The zero-order valence-electron chi connectivity index (χ0n) is 11.3. The number of carboxylic acids is 1. The summed E-state index contributed by atoms with van der Waals surface area (Å²) in [5.74, 6) is 0.230. The number of rotatable bonds is 5. The first-order valence-corrected chi connectivity index (χ1v) is 6.72. The largest absolute Gasteiger partial charge is 0.480 e. The van der Waals surface area contributed by atoms with Gasteiger partial charge >= 0.3 is 5.97 Å². The van der Waals surface area contributed by atoms with Gasteiger partial charge in [0.1, 0.15) is 12.2 Å². The highest BCUT2D eigenvalue weighted by Gasteiger charge is 2.18. The van der Waals surface area contributed by atoms with E-state index in [1.165, 1.54) is 0 Å². The smallest absolute Gasteiger partial charge is 0.317 e. The molecule has 2 heterocycles. The number of hydrogen-bond donors (Lipinski definition) is 1. The minimum atomic E-state index is -0.751. The van der Waals surface area contributed by atoms with Gasteiger partial charge in [0.25, 0.3) is 0 Å². The third kappa shape index (κ3) is 4.00. The standard InChI is InChI=1S/C12H21N5O2/c1-2-17-11(13-10-14-17)8-15-4-3-5-16(7-6-15)9-12(18)19/h10H,2-9H2,1H3,(H,18,19). The van der Waals surface area contributed by atoms with Crippen molar-refractivity contribution in [3.05, 3.63) is 12.2 Å². The molecule has 1 fully saturated rings. The predicted molar refractivity (Wildman–Crippen MR) is 69.7 cm³/mol. The van der Waals surface area contributed by atoms with Crippen molar-refractivity contribution in [2.24, 2.45) is 0 Å². The quantitative estimate of drug-likeness (QED) is 0.802. The van der Waals surface area contributed by atoms with Crippen LogP contribution in [0.3, 0.4) is 0 Å². The maximum absolute atomic E-state index is 10.7. The fourth-order valence-corrected chi connectivity index (χ4v) is 2.41. The average molecular weight is 267 g/mol. The lowest BCUT2D eigenvalue weighted by atomic mass is 10.3. The molecule has 1 aromatic rings. The Morgan fingerprint density at radius 2 is 2.05 bits per heavy atom. The Morgan fingerprint density at radius 1 is 1.32 bits per heavy atom. The van der Waals surface area contributed by atoms with E-state index in [-0.39, 0.29) is 6.54 Å². The topological polar surface area (TPSA) is 74.5 Å². The summed E-state index contributed by atoms with van der Waals surface area (Å²) in [4.78, 5) is 19.3. The van der Waals surface area contributed by atoms with Gasteiger partial charge in [0.15, 0.2) is 0 Å². The Hall–Kier alpha value is -1.47. The van der Waals surface area contributed by atoms with Crippen molar-refractivity contribution >= 4 is 5.97 Å². The molecule has 0 bridgehead atoms. The maximum Gasteiger partial charge on any atom is 0.317 e. The van der Waals surface area contributed by atoms with Crippen molar-refractivity contribution in [2.45, 2.75) is 26.4 Å². The first-order valence-electron chi connectivity index (χ1n) is 6.72. The van der Waals surface area contributed by atoms with Gasteiger partial charge < -0.3 is 5.11 Å². The molecule has 19 heavy (non-hydrogen) atoms. The van der Waals surface area contributed by atoms with E-state index >= 15 is 0 Å². The molecule has 1 aromatic heterocycles. The molecule has 0 spiro atoms. The molecule has 0 aromatic carbocycles. The number of aromatic nitrogens is 3. The Morgan fingerprint density at radius 3 is 2.79 bits per heavy atom. The van der Waals surface area contributed by atoms with Crippen molar-refractivity contribution in [1.29, 1.82) is 0 Å². The summed E-state index contributed by atoms with van der Waals surface area (Å²) in [6.45, 7) is 7.31. The summed E-state index contributed by atoms with van der Waals surface area (Å²) < 4.78 is 1.90. The van der Waals surface area contributed by atoms with Crippen molar-refractivity contribution in [3.8, 4) is 0 Å². The lowest BCUT2D eigenvalue weighted by molar-refractivity contribution is -0.138. The van der Waals surface area contributed by atoms with Crippen LogP contribution < -0.4 is 0 Å². The van der Waals surface area contributed by atoms with E-state index in [1.54, 1.807) is 6.33 Å². The lowest BCUT2D eigenvalue weighted by Gasteiger charge is -2.20. The monoisotopic (exact) mass is 267 g/mol. The maximum atomic E-state index is 10.7. The van der Waals surface area contributed by atoms with E-state index in [0.717, 1.165) is 51.5 Å². The van der Waals surface area contributed by atoms with Gasteiger partial charge in [-0.1, -0.05) is 0 Å². The van der Waals surface area contributed by atoms with Gasteiger partial charge in [-0.25, -0.2) is 9.67 Å². The van der Waals surface area contributed by atoms with E-state index in [9.17, 15) is 4.79 Å². The van der Waals surface area contributed by atoms with Crippen molar-refractivity contribution in [2.75, 3.05) is 32.7 Å². The molecule has 7 heteroatoms. The third-order valence-electron chi connectivity index (χ3n) is 3.40. The van der Waals surface area contributed by atoms with E-state index < -0.39 is 5.97 Å². The summed E-state index contributed by atoms with van der Waals surface area (Å²) in [7, 11) is 0. The SMILES string of the molecule is CCn1ncnc1CN1CCCN(CC(=O)O)CC1. The van der Waals surface area contributed by atoms with Crippen LogP contribution in [0.4, 0.5) is 0 Å². The highest BCUT2D eigenvalue weighted by atomic mass is 16.4. The van der Waals surface area contributed by atoms with Gasteiger partial charge in [0.05, 0.1) is 13.1 Å². The minimum Gasteiger partial charge on any atom is -0.480 e. The Labute approximate surface area is 112 Å². The normalized spacial score (nSPS) is 18.4. The van der Waals surface area contributed by atoms with Gasteiger partial charge in [0.2, 0.25) is 0 Å². The molecule has 0 saturated carbocycles. The molecule has 0 unspecified atom stereocenters. The van der Waals surface area contributed by atoms with E-state index in [0.29, 0.717) is 0 Å². The van der Waals surface area contributed by atoms with Crippen LogP contribution in [0.5, 0.6) is 0 Å². The fraction of sp³-hybridized carbons (Fsp3) is 0.750. The molecule has 106 valence electrons. The van der Waals surface area contributed by atoms with Gasteiger partial charge in [0, 0.05) is 26.2 Å². The Balaban J connectivity index is 1.87. The second-order valence-electron chi connectivity index (χ2n) is 4.79. The van der Waals surface area contributed by atoms with Crippen molar-refractivity contribution < 1.29 is 9.90 Å². The zero-order chi connectivity index (χ0) is 13.7. The molecule has 1 N–H and O–H groups in total. The van der Waals surface area contributed by atoms with Crippen LogP contribution in [0.25, 0.3) is 0 Å². The summed E-state index contributed by atoms with van der Waals surface area (Å²) >= 11 is 0. The zero-order valence-corrected chi connectivity index (χ0v) is 11.3. The van der Waals surface area contributed by atoms with Crippen LogP contribution in [0.1, 0.15) is 19.2 Å². The molecule has 7 nitrogen and oxygen atoms in total. The first-order chi connectivity index (χ1) is 9.19. The van der Waals surface area contributed by atoms with Crippen LogP contribution >= 0.6 is 0 Å². The molecule has 1 saturated heterocycles. The average Bonchev–Trinajstić information content (AvgIpc) is 2.70. The minimum absolute atomic E-state index is 0.138. The number of nitrogens with zero attached hydrogens (tertiary/aromatic N) is 5.